The first-order valence-corrected chi connectivity index (χ1v) is 11.7. The number of hydrogen-bond acceptors (Lipinski definition) is 7. The number of anilines is 1. The number of benzene rings is 1. The molecule has 3 heterocycles. The lowest BCUT2D eigenvalue weighted by Crippen LogP contribution is -2.50. The Kier molecular flexibility index (Phi) is 7.35. The van der Waals surface area contributed by atoms with Crippen molar-refractivity contribution in [3.63, 3.8) is 0 Å². The Bertz CT molecular complexity index is 1420. The number of aryl methyl sites for hydroxylation is 1. The quantitative estimate of drug-likeness (QED) is 0.385. The molecule has 4 rings (SSSR count). The topological polar surface area (TPSA) is 119 Å². The molecular formula is C25H25ClFN7O3. The third-order valence-corrected chi connectivity index (χ3v) is 5.46. The maximum absolute atomic E-state index is 14.0. The van der Waals surface area contributed by atoms with Crippen LogP contribution in [-0.2, 0) is 16.1 Å². The SMILES string of the molecule is Cc1ccc(-c2nnn(CC(=O)N(c3ccc(F)c(Cl)c3)[C@@H](C(=O)NC(C)(C)C)c3ccncc3)n2)o1. The van der Waals surface area contributed by atoms with Crippen molar-refractivity contribution < 1.29 is 18.4 Å². The number of furan rings is 1. The van der Waals surface area contributed by atoms with Gasteiger partial charge in [-0.2, -0.15) is 4.80 Å². The smallest absolute Gasteiger partial charge is 0.251 e. The van der Waals surface area contributed by atoms with Gasteiger partial charge in [-0.05, 0) is 80.9 Å². The molecule has 0 unspecified atom stereocenters. The zero-order valence-corrected chi connectivity index (χ0v) is 21.4. The maximum atomic E-state index is 14.0. The number of aromatic nitrogens is 5. The third-order valence-electron chi connectivity index (χ3n) is 5.17. The standard InChI is InChI=1S/C25H25ClFN7O3/c1-15-5-8-20(37-15)23-30-32-33(31-23)14-21(35)34(17-6-7-19(27)18(26)13-17)22(16-9-11-28-12-10-16)24(36)29-25(2,3)4/h5-13,22H,14H2,1-4H3,(H,29,36)/t22-/m1/s1. The predicted octanol–water partition coefficient (Wildman–Crippen LogP) is 4.12. The van der Waals surface area contributed by atoms with Gasteiger partial charge in [0.15, 0.2) is 5.76 Å². The van der Waals surface area contributed by atoms with Gasteiger partial charge in [0.1, 0.15) is 24.2 Å². The second-order valence-corrected chi connectivity index (χ2v) is 9.75. The van der Waals surface area contributed by atoms with Crippen LogP contribution in [0.5, 0.6) is 0 Å². The molecule has 0 spiro atoms. The monoisotopic (exact) mass is 525 g/mol. The summed E-state index contributed by atoms with van der Waals surface area (Å²) in [5, 5.41) is 14.9. The molecule has 1 aromatic carbocycles. The van der Waals surface area contributed by atoms with Gasteiger partial charge in [0.2, 0.25) is 11.7 Å². The molecule has 0 saturated carbocycles. The summed E-state index contributed by atoms with van der Waals surface area (Å²) in [4.78, 5) is 33.7. The number of nitrogens with one attached hydrogen (secondary N) is 1. The van der Waals surface area contributed by atoms with Crippen molar-refractivity contribution in [3.05, 3.63) is 77.0 Å². The lowest BCUT2D eigenvalue weighted by molar-refractivity contribution is -0.128. The number of carbonyl (C=O) groups excluding carboxylic acids is 2. The van der Waals surface area contributed by atoms with E-state index in [0.717, 1.165) is 10.9 Å². The number of halogens is 2. The Morgan fingerprint density at radius 3 is 2.51 bits per heavy atom. The van der Waals surface area contributed by atoms with Gasteiger partial charge in [0.05, 0.1) is 5.02 Å². The molecule has 2 amide bonds. The highest BCUT2D eigenvalue weighted by atomic mass is 35.5. The summed E-state index contributed by atoms with van der Waals surface area (Å²) < 4.78 is 19.5. The fraction of sp³-hybridized carbons (Fsp3) is 0.280. The number of rotatable bonds is 7. The molecule has 0 radical (unpaired) electrons. The van der Waals surface area contributed by atoms with E-state index in [4.69, 9.17) is 16.0 Å². The van der Waals surface area contributed by atoms with E-state index in [1.54, 1.807) is 31.2 Å². The largest absolute Gasteiger partial charge is 0.458 e. The van der Waals surface area contributed by atoms with Crippen LogP contribution < -0.4 is 10.2 Å². The fourth-order valence-corrected chi connectivity index (χ4v) is 3.81. The number of hydrogen-bond donors (Lipinski definition) is 1. The highest BCUT2D eigenvalue weighted by Crippen LogP contribution is 2.31. The Balaban J connectivity index is 1.75. The summed E-state index contributed by atoms with van der Waals surface area (Å²) in [5.74, 6) is -0.398. The van der Waals surface area contributed by atoms with Crippen LogP contribution >= 0.6 is 11.6 Å². The van der Waals surface area contributed by atoms with Crippen LogP contribution in [0.1, 0.15) is 38.1 Å². The summed E-state index contributed by atoms with van der Waals surface area (Å²) in [5.41, 5.74) is 0.106. The molecule has 37 heavy (non-hydrogen) atoms. The molecule has 4 aromatic rings. The average Bonchev–Trinajstić information content (AvgIpc) is 3.47. The van der Waals surface area contributed by atoms with Gasteiger partial charge in [0, 0.05) is 23.6 Å². The zero-order valence-electron chi connectivity index (χ0n) is 20.6. The van der Waals surface area contributed by atoms with Crippen molar-refractivity contribution in [2.75, 3.05) is 4.90 Å². The average molecular weight is 526 g/mol. The van der Waals surface area contributed by atoms with Gasteiger partial charge in [-0.3, -0.25) is 19.5 Å². The third kappa shape index (κ3) is 6.18. The van der Waals surface area contributed by atoms with Crippen LogP contribution in [0.15, 0.2) is 59.3 Å². The summed E-state index contributed by atoms with van der Waals surface area (Å²) >= 11 is 6.06. The van der Waals surface area contributed by atoms with E-state index in [1.807, 2.05) is 20.8 Å². The molecule has 0 bridgehead atoms. The Morgan fingerprint density at radius 2 is 1.89 bits per heavy atom. The van der Waals surface area contributed by atoms with Crippen LogP contribution in [0.3, 0.4) is 0 Å². The van der Waals surface area contributed by atoms with Gasteiger partial charge in [-0.1, -0.05) is 11.6 Å². The Hall–Kier alpha value is -4.12. The van der Waals surface area contributed by atoms with E-state index in [1.165, 1.54) is 29.4 Å². The minimum Gasteiger partial charge on any atom is -0.458 e. The highest BCUT2D eigenvalue weighted by Gasteiger charge is 2.35. The van der Waals surface area contributed by atoms with E-state index in [2.05, 4.69) is 25.7 Å². The molecule has 192 valence electrons. The first-order chi connectivity index (χ1) is 17.5. The Labute approximate surface area is 217 Å². The van der Waals surface area contributed by atoms with Crippen LogP contribution in [-0.4, -0.2) is 42.5 Å². The van der Waals surface area contributed by atoms with Gasteiger partial charge in [-0.25, -0.2) is 4.39 Å². The van der Waals surface area contributed by atoms with Crippen LogP contribution in [0.4, 0.5) is 10.1 Å². The van der Waals surface area contributed by atoms with Gasteiger partial charge < -0.3 is 9.73 Å². The molecule has 0 aliphatic rings. The summed E-state index contributed by atoms with van der Waals surface area (Å²) in [6.45, 7) is 6.89. The highest BCUT2D eigenvalue weighted by molar-refractivity contribution is 6.31. The van der Waals surface area contributed by atoms with Crippen molar-refractivity contribution in [1.82, 2.24) is 30.5 Å². The van der Waals surface area contributed by atoms with Crippen molar-refractivity contribution in [3.8, 4) is 11.6 Å². The van der Waals surface area contributed by atoms with E-state index in [9.17, 15) is 14.0 Å². The van der Waals surface area contributed by atoms with E-state index in [0.29, 0.717) is 17.1 Å². The molecule has 12 heteroatoms. The van der Waals surface area contributed by atoms with Crippen molar-refractivity contribution in [2.45, 2.75) is 45.8 Å². The molecule has 1 N–H and O–H groups in total. The molecule has 3 aromatic heterocycles. The first kappa shape index (κ1) is 26.0. The van der Waals surface area contributed by atoms with Crippen LogP contribution in [0.25, 0.3) is 11.6 Å². The Morgan fingerprint density at radius 1 is 1.16 bits per heavy atom. The second kappa shape index (κ2) is 10.5. The fourth-order valence-electron chi connectivity index (χ4n) is 3.63. The summed E-state index contributed by atoms with van der Waals surface area (Å²) in [7, 11) is 0. The lowest BCUT2D eigenvalue weighted by Gasteiger charge is -2.33. The number of amides is 2. The molecule has 0 fully saturated rings. The van der Waals surface area contributed by atoms with Crippen molar-refractivity contribution in [2.24, 2.45) is 0 Å². The van der Waals surface area contributed by atoms with E-state index in [-0.39, 0.29) is 23.1 Å². The van der Waals surface area contributed by atoms with Crippen LogP contribution in [0, 0.1) is 12.7 Å². The first-order valence-electron chi connectivity index (χ1n) is 11.4. The van der Waals surface area contributed by atoms with Crippen LogP contribution in [0.2, 0.25) is 5.02 Å². The van der Waals surface area contributed by atoms with Crippen molar-refractivity contribution in [1.29, 1.82) is 0 Å². The number of pyridine rings is 1. The number of nitrogens with zero attached hydrogens (tertiary/aromatic N) is 6. The molecule has 10 nitrogen and oxygen atoms in total. The maximum Gasteiger partial charge on any atom is 0.251 e. The lowest BCUT2D eigenvalue weighted by atomic mass is 10.0. The van der Waals surface area contributed by atoms with E-state index >= 15 is 0 Å². The number of tetrazole rings is 1. The van der Waals surface area contributed by atoms with E-state index < -0.39 is 29.2 Å². The molecule has 0 aliphatic carbocycles. The zero-order chi connectivity index (χ0) is 26.7. The molecular weight excluding hydrogens is 501 g/mol. The minimum absolute atomic E-state index is 0.200. The summed E-state index contributed by atoms with van der Waals surface area (Å²) in [6.07, 6.45) is 3.03. The number of carbonyl (C=O) groups is 2. The molecule has 0 saturated heterocycles. The normalized spacial score (nSPS) is 12.3. The van der Waals surface area contributed by atoms with Gasteiger partial charge in [0.25, 0.3) is 5.91 Å². The second-order valence-electron chi connectivity index (χ2n) is 9.34. The van der Waals surface area contributed by atoms with Gasteiger partial charge in [-0.15, -0.1) is 10.2 Å². The molecule has 1 atom stereocenters. The van der Waals surface area contributed by atoms with Crippen molar-refractivity contribution >= 4 is 29.1 Å². The molecule has 0 aliphatic heterocycles. The predicted molar refractivity (Wildman–Crippen MR) is 134 cm³/mol. The minimum atomic E-state index is -1.13. The van der Waals surface area contributed by atoms with Gasteiger partial charge >= 0.3 is 0 Å². The summed E-state index contributed by atoms with van der Waals surface area (Å²) in [6, 6.07) is 9.38.